The minimum absolute atomic E-state index is 0.164. The molecule has 5 nitrogen and oxygen atoms in total. The van der Waals surface area contributed by atoms with Gasteiger partial charge in [-0.1, -0.05) is 41.6 Å². The molecule has 0 radical (unpaired) electrons. The van der Waals surface area contributed by atoms with Crippen molar-refractivity contribution in [1.82, 2.24) is 10.2 Å². The number of anilines is 2. The highest BCUT2D eigenvalue weighted by molar-refractivity contribution is 8.02. The van der Waals surface area contributed by atoms with E-state index in [2.05, 4.69) is 27.8 Å². The number of halogens is 2. The average molecular weight is 375 g/mol. The molecule has 2 rings (SSSR count). The second kappa shape index (κ2) is 8.47. The molecule has 0 bridgehead atoms. The summed E-state index contributed by atoms with van der Waals surface area (Å²) in [5, 5.41) is 14.4. The van der Waals surface area contributed by atoms with E-state index in [-0.39, 0.29) is 16.2 Å². The van der Waals surface area contributed by atoms with Crippen LogP contribution in [0.15, 0.2) is 22.5 Å². The van der Waals surface area contributed by atoms with Crippen molar-refractivity contribution in [3.8, 4) is 0 Å². The van der Waals surface area contributed by atoms with Crippen LogP contribution in [0.4, 0.5) is 15.2 Å². The van der Waals surface area contributed by atoms with Crippen LogP contribution in [0, 0.1) is 5.82 Å². The van der Waals surface area contributed by atoms with E-state index in [1.807, 2.05) is 0 Å². The number of nitrogens with zero attached hydrogens (tertiary/aromatic N) is 2. The highest BCUT2D eigenvalue weighted by Gasteiger charge is 2.18. The van der Waals surface area contributed by atoms with Gasteiger partial charge in [-0.25, -0.2) is 4.39 Å². The van der Waals surface area contributed by atoms with Crippen molar-refractivity contribution in [3.05, 3.63) is 29.0 Å². The van der Waals surface area contributed by atoms with Crippen molar-refractivity contribution < 1.29 is 9.18 Å². The minimum atomic E-state index is -0.448. The second-order valence-corrected chi connectivity index (χ2v) is 7.65. The van der Waals surface area contributed by atoms with Gasteiger partial charge >= 0.3 is 0 Å². The monoisotopic (exact) mass is 374 g/mol. The van der Waals surface area contributed by atoms with Crippen molar-refractivity contribution in [3.63, 3.8) is 0 Å². The lowest BCUT2D eigenvalue weighted by molar-refractivity contribution is -0.115. The van der Waals surface area contributed by atoms with E-state index in [4.69, 9.17) is 11.6 Å². The van der Waals surface area contributed by atoms with Crippen molar-refractivity contribution >= 4 is 51.4 Å². The first-order valence-electron chi connectivity index (χ1n) is 6.99. The van der Waals surface area contributed by atoms with Crippen molar-refractivity contribution in [2.75, 3.05) is 17.2 Å². The lowest BCUT2D eigenvalue weighted by atomic mass is 10.3. The molecule has 1 heterocycles. The van der Waals surface area contributed by atoms with Gasteiger partial charge in [0.25, 0.3) is 0 Å². The lowest BCUT2D eigenvalue weighted by Gasteiger charge is -2.11. The number of carbonyl (C=O) groups excluding carboxylic acids is 1. The first-order valence-corrected chi connectivity index (χ1v) is 9.07. The summed E-state index contributed by atoms with van der Waals surface area (Å²) in [5.41, 5.74) is 0.382. The summed E-state index contributed by atoms with van der Waals surface area (Å²) >= 11 is 8.61. The fraction of sp³-hybridized carbons (Fsp3) is 0.357. The molecule has 1 amide bonds. The zero-order valence-corrected chi connectivity index (χ0v) is 15.0. The van der Waals surface area contributed by atoms with E-state index in [0.717, 1.165) is 24.2 Å². The molecule has 2 N–H and O–H groups in total. The van der Waals surface area contributed by atoms with Crippen molar-refractivity contribution in [2.45, 2.75) is 29.9 Å². The first-order chi connectivity index (χ1) is 11.0. The molecule has 0 saturated carbocycles. The third kappa shape index (κ3) is 5.33. The van der Waals surface area contributed by atoms with Gasteiger partial charge < -0.3 is 10.6 Å². The molecule has 1 atom stereocenters. The summed E-state index contributed by atoms with van der Waals surface area (Å²) in [6.07, 6.45) is 0.999. The number of aromatic nitrogens is 2. The predicted octanol–water partition coefficient (Wildman–Crippen LogP) is 4.27. The van der Waals surface area contributed by atoms with Crippen LogP contribution >= 0.6 is 34.7 Å². The Kier molecular flexibility index (Phi) is 6.61. The van der Waals surface area contributed by atoms with Gasteiger partial charge in [0.05, 0.1) is 16.0 Å². The van der Waals surface area contributed by atoms with Gasteiger partial charge in [0, 0.05) is 6.54 Å². The summed E-state index contributed by atoms with van der Waals surface area (Å²) in [5.74, 6) is -0.682. The fourth-order valence-electron chi connectivity index (χ4n) is 1.59. The van der Waals surface area contributed by atoms with Gasteiger partial charge in [-0.05, 0) is 31.5 Å². The maximum absolute atomic E-state index is 13.0. The molecule has 2 aromatic rings. The third-order valence-corrected chi connectivity index (χ3v) is 5.15. The van der Waals surface area contributed by atoms with Gasteiger partial charge in [-0.15, -0.1) is 10.2 Å². The maximum Gasteiger partial charge on any atom is 0.237 e. The number of carbonyl (C=O) groups is 1. The summed E-state index contributed by atoms with van der Waals surface area (Å²) in [7, 11) is 0. The smallest absolute Gasteiger partial charge is 0.237 e. The molecule has 1 aromatic carbocycles. The van der Waals surface area contributed by atoms with Crippen LogP contribution in [-0.2, 0) is 4.79 Å². The number of benzene rings is 1. The molecule has 0 unspecified atom stereocenters. The van der Waals surface area contributed by atoms with Crippen LogP contribution in [0.5, 0.6) is 0 Å². The summed E-state index contributed by atoms with van der Waals surface area (Å²) in [6, 6.07) is 3.84. The van der Waals surface area contributed by atoms with Crippen LogP contribution < -0.4 is 10.6 Å². The number of amides is 1. The molecule has 0 spiro atoms. The van der Waals surface area contributed by atoms with Crippen LogP contribution in [0.1, 0.15) is 20.3 Å². The predicted molar refractivity (Wildman–Crippen MR) is 94.0 cm³/mol. The van der Waals surface area contributed by atoms with Gasteiger partial charge in [-0.2, -0.15) is 0 Å². The van der Waals surface area contributed by atoms with Crippen molar-refractivity contribution in [2.24, 2.45) is 0 Å². The average Bonchev–Trinajstić information content (AvgIpc) is 2.95. The molecule has 23 heavy (non-hydrogen) atoms. The van der Waals surface area contributed by atoms with E-state index in [1.54, 1.807) is 6.92 Å². The molecule has 0 fully saturated rings. The minimum Gasteiger partial charge on any atom is -0.360 e. The largest absolute Gasteiger partial charge is 0.360 e. The van der Waals surface area contributed by atoms with E-state index in [1.165, 1.54) is 35.2 Å². The van der Waals surface area contributed by atoms with E-state index >= 15 is 0 Å². The van der Waals surface area contributed by atoms with Gasteiger partial charge in [-0.3, -0.25) is 4.79 Å². The normalized spacial score (nSPS) is 12.0. The Balaban J connectivity index is 1.93. The molecule has 1 aromatic heterocycles. The lowest BCUT2D eigenvalue weighted by Crippen LogP contribution is -2.22. The van der Waals surface area contributed by atoms with Crippen LogP contribution in [0.25, 0.3) is 0 Å². The number of nitrogens with one attached hydrogen (secondary N) is 2. The third-order valence-electron chi connectivity index (χ3n) is 2.77. The van der Waals surface area contributed by atoms with E-state index < -0.39 is 5.82 Å². The maximum atomic E-state index is 13.0. The van der Waals surface area contributed by atoms with Crippen molar-refractivity contribution in [1.29, 1.82) is 0 Å². The SMILES string of the molecule is CCCNc1nnc(S[C@@H](C)C(=O)Nc2ccc(F)cc2Cl)s1. The number of thioether (sulfide) groups is 1. The standard InChI is InChI=1S/C14H16ClFN4OS2/c1-3-6-17-13-19-20-14(23-13)22-8(2)12(21)18-11-5-4-9(16)7-10(11)15/h4-5,7-8H,3,6H2,1-2H3,(H,17,19)(H,18,21)/t8-/m0/s1. The van der Waals surface area contributed by atoms with Gasteiger partial charge in [0.15, 0.2) is 4.34 Å². The Labute approximate surface area is 147 Å². The molecular weight excluding hydrogens is 359 g/mol. The van der Waals surface area contributed by atoms with E-state index in [9.17, 15) is 9.18 Å². The number of hydrogen-bond donors (Lipinski definition) is 2. The zero-order chi connectivity index (χ0) is 16.8. The second-order valence-electron chi connectivity index (χ2n) is 4.67. The van der Waals surface area contributed by atoms with Crippen LogP contribution in [0.2, 0.25) is 5.02 Å². The van der Waals surface area contributed by atoms with Gasteiger partial charge in [0.2, 0.25) is 11.0 Å². The summed E-state index contributed by atoms with van der Waals surface area (Å²) in [6.45, 7) is 4.66. The topological polar surface area (TPSA) is 66.9 Å². The molecule has 0 aliphatic heterocycles. The quantitative estimate of drug-likeness (QED) is 0.708. The molecule has 9 heteroatoms. The number of hydrogen-bond acceptors (Lipinski definition) is 6. The molecule has 0 saturated heterocycles. The Morgan fingerprint density at radius 2 is 2.26 bits per heavy atom. The Morgan fingerprint density at radius 3 is 2.96 bits per heavy atom. The Bertz CT molecular complexity index is 683. The molecule has 124 valence electrons. The van der Waals surface area contributed by atoms with Crippen LogP contribution in [-0.4, -0.2) is 27.9 Å². The molecule has 0 aliphatic carbocycles. The Hall–Kier alpha value is -1.38. The highest BCUT2D eigenvalue weighted by atomic mass is 35.5. The fourth-order valence-corrected chi connectivity index (χ4v) is 3.73. The number of rotatable bonds is 7. The highest BCUT2D eigenvalue weighted by Crippen LogP contribution is 2.30. The van der Waals surface area contributed by atoms with E-state index in [0.29, 0.717) is 10.0 Å². The van der Waals surface area contributed by atoms with Crippen LogP contribution in [0.3, 0.4) is 0 Å². The Morgan fingerprint density at radius 1 is 1.48 bits per heavy atom. The zero-order valence-electron chi connectivity index (χ0n) is 12.6. The van der Waals surface area contributed by atoms with Gasteiger partial charge in [0.1, 0.15) is 5.82 Å². The summed E-state index contributed by atoms with van der Waals surface area (Å²) in [4.78, 5) is 12.2. The molecule has 0 aliphatic rings. The summed E-state index contributed by atoms with van der Waals surface area (Å²) < 4.78 is 13.7. The first kappa shape index (κ1) is 18.0. The molecular formula is C14H16ClFN4OS2.